The minimum absolute atomic E-state index is 0. The van der Waals surface area contributed by atoms with Crippen molar-refractivity contribution < 1.29 is 19.1 Å². The van der Waals surface area contributed by atoms with Crippen molar-refractivity contribution in [3.63, 3.8) is 0 Å². The second kappa shape index (κ2) is 6.22. The standard InChI is InChI=1S/C11H13N2O4P.Na.H/c1-13-9-5-3-2-4-8(9)6-10(13)11(14)12-7-18(15,16)17;;/h2-6H,7H2,1H3,(H,12,14)(H2,15,16,17);;. The van der Waals surface area contributed by atoms with Crippen molar-refractivity contribution in [2.75, 3.05) is 6.29 Å². The van der Waals surface area contributed by atoms with Crippen LogP contribution in [0.2, 0.25) is 0 Å². The Morgan fingerprint density at radius 2 is 2.00 bits per heavy atom. The third-order valence-corrected chi connectivity index (χ3v) is 3.20. The summed E-state index contributed by atoms with van der Waals surface area (Å²) < 4.78 is 12.4. The maximum absolute atomic E-state index is 11.8. The van der Waals surface area contributed by atoms with Gasteiger partial charge < -0.3 is 19.7 Å². The molecule has 0 saturated carbocycles. The average molecular weight is 292 g/mol. The quantitative estimate of drug-likeness (QED) is 0.564. The zero-order valence-corrected chi connectivity index (χ0v) is 10.6. The monoisotopic (exact) mass is 292 g/mol. The number of fused-ring (bicyclic) bond motifs is 1. The van der Waals surface area contributed by atoms with Crippen LogP contribution in [0, 0.1) is 0 Å². The third kappa shape index (κ3) is 3.92. The molecule has 3 N–H and O–H groups in total. The number of nitrogens with one attached hydrogen (secondary N) is 1. The molecule has 98 valence electrons. The summed E-state index contributed by atoms with van der Waals surface area (Å²) >= 11 is 0. The number of carbonyl (C=O) groups excluding carboxylic acids is 1. The molecule has 1 heterocycles. The van der Waals surface area contributed by atoms with Crippen LogP contribution in [-0.4, -0.2) is 56.1 Å². The van der Waals surface area contributed by atoms with E-state index >= 15 is 0 Å². The molecule has 0 aliphatic carbocycles. The number of para-hydroxylation sites is 1. The molecule has 2 rings (SSSR count). The Balaban J connectivity index is 0.00000180. The zero-order valence-electron chi connectivity index (χ0n) is 9.70. The van der Waals surface area contributed by atoms with Gasteiger partial charge in [-0.25, -0.2) is 0 Å². The normalized spacial score (nSPS) is 11.1. The molecule has 0 bridgehead atoms. The van der Waals surface area contributed by atoms with E-state index in [-0.39, 0.29) is 29.6 Å². The van der Waals surface area contributed by atoms with E-state index < -0.39 is 19.8 Å². The first-order valence-corrected chi connectivity index (χ1v) is 7.05. The Labute approximate surface area is 132 Å². The van der Waals surface area contributed by atoms with Crippen molar-refractivity contribution in [1.29, 1.82) is 0 Å². The second-order valence-electron chi connectivity index (χ2n) is 3.98. The first-order valence-electron chi connectivity index (χ1n) is 5.26. The molecule has 0 spiro atoms. The van der Waals surface area contributed by atoms with Crippen LogP contribution in [-0.2, 0) is 11.6 Å². The van der Waals surface area contributed by atoms with E-state index in [1.807, 2.05) is 24.3 Å². The van der Waals surface area contributed by atoms with Crippen LogP contribution in [0.25, 0.3) is 10.9 Å². The first kappa shape index (κ1) is 16.4. The summed E-state index contributed by atoms with van der Waals surface area (Å²) in [6, 6.07) is 9.15. The van der Waals surface area contributed by atoms with E-state index in [1.165, 1.54) is 0 Å². The van der Waals surface area contributed by atoms with Crippen LogP contribution >= 0.6 is 7.60 Å². The summed E-state index contributed by atoms with van der Waals surface area (Å²) in [5.74, 6) is -0.503. The predicted octanol–water partition coefficient (Wildman–Crippen LogP) is 0.395. The SMILES string of the molecule is Cn1c(C(=O)NCP(=O)(O)O)cc2ccccc21.[NaH]. The Morgan fingerprint density at radius 1 is 1.37 bits per heavy atom. The fourth-order valence-electron chi connectivity index (χ4n) is 1.77. The molecular weight excluding hydrogens is 278 g/mol. The van der Waals surface area contributed by atoms with E-state index in [1.54, 1.807) is 17.7 Å². The number of aryl methyl sites for hydroxylation is 1. The second-order valence-corrected chi connectivity index (χ2v) is 5.62. The number of hydrogen-bond acceptors (Lipinski definition) is 2. The molecular formula is C11H14N2NaO4P. The van der Waals surface area contributed by atoms with E-state index in [2.05, 4.69) is 5.32 Å². The predicted molar refractivity (Wildman–Crippen MR) is 74.4 cm³/mol. The van der Waals surface area contributed by atoms with Gasteiger partial charge in [0.2, 0.25) is 0 Å². The summed E-state index contributed by atoms with van der Waals surface area (Å²) in [5.41, 5.74) is 1.25. The number of aromatic nitrogens is 1. The average Bonchev–Trinajstić information content (AvgIpc) is 2.64. The number of carbonyl (C=O) groups is 1. The Bertz CT molecular complexity index is 649. The summed E-state index contributed by atoms with van der Waals surface area (Å²) in [4.78, 5) is 29.2. The van der Waals surface area contributed by atoms with Crippen LogP contribution in [0.15, 0.2) is 30.3 Å². The molecule has 0 radical (unpaired) electrons. The van der Waals surface area contributed by atoms with Gasteiger partial charge in [-0.3, -0.25) is 9.36 Å². The number of rotatable bonds is 3. The van der Waals surface area contributed by atoms with Crippen molar-refractivity contribution in [3.05, 3.63) is 36.0 Å². The molecule has 1 amide bonds. The molecule has 0 saturated heterocycles. The van der Waals surface area contributed by atoms with Gasteiger partial charge in [-0.05, 0) is 12.1 Å². The molecule has 2 aromatic rings. The van der Waals surface area contributed by atoms with Gasteiger partial charge in [0.15, 0.2) is 0 Å². The Hall–Kier alpha value is -0.620. The molecule has 8 heteroatoms. The van der Waals surface area contributed by atoms with E-state index in [9.17, 15) is 9.36 Å². The van der Waals surface area contributed by atoms with E-state index in [0.29, 0.717) is 5.69 Å². The third-order valence-electron chi connectivity index (χ3n) is 2.63. The van der Waals surface area contributed by atoms with Crippen LogP contribution in [0.1, 0.15) is 10.5 Å². The van der Waals surface area contributed by atoms with Gasteiger partial charge in [-0.1, -0.05) is 18.2 Å². The number of hydrogen-bond donors (Lipinski definition) is 3. The molecule has 1 aromatic carbocycles. The number of benzene rings is 1. The zero-order chi connectivity index (χ0) is 13.3. The van der Waals surface area contributed by atoms with Crippen molar-refractivity contribution >= 4 is 54.0 Å². The number of nitrogens with zero attached hydrogens (tertiary/aromatic N) is 1. The summed E-state index contributed by atoms with van der Waals surface area (Å²) in [6.45, 7) is 0. The van der Waals surface area contributed by atoms with Crippen LogP contribution < -0.4 is 5.32 Å². The molecule has 0 atom stereocenters. The fourth-order valence-corrected chi connectivity index (χ4v) is 2.12. The topological polar surface area (TPSA) is 91.6 Å². The van der Waals surface area contributed by atoms with Gasteiger partial charge in [0.05, 0.1) is 0 Å². The first-order chi connectivity index (χ1) is 8.38. The molecule has 19 heavy (non-hydrogen) atoms. The van der Waals surface area contributed by atoms with Crippen molar-refractivity contribution in [1.82, 2.24) is 9.88 Å². The van der Waals surface area contributed by atoms with E-state index in [0.717, 1.165) is 10.9 Å². The molecule has 0 aliphatic rings. The van der Waals surface area contributed by atoms with Gasteiger partial charge in [-0.15, -0.1) is 0 Å². The van der Waals surface area contributed by atoms with Crippen molar-refractivity contribution in [3.8, 4) is 0 Å². The van der Waals surface area contributed by atoms with Crippen molar-refractivity contribution in [2.24, 2.45) is 7.05 Å². The molecule has 1 aromatic heterocycles. The van der Waals surface area contributed by atoms with Crippen LogP contribution in [0.3, 0.4) is 0 Å². The van der Waals surface area contributed by atoms with Crippen molar-refractivity contribution in [2.45, 2.75) is 0 Å². The molecule has 6 nitrogen and oxygen atoms in total. The molecule has 0 aliphatic heterocycles. The summed E-state index contributed by atoms with van der Waals surface area (Å²) in [7, 11) is -2.50. The Kier molecular flexibility index (Phi) is 5.38. The van der Waals surface area contributed by atoms with Gasteiger partial charge in [0.1, 0.15) is 12.0 Å². The molecule has 0 fully saturated rings. The Morgan fingerprint density at radius 3 is 2.58 bits per heavy atom. The van der Waals surface area contributed by atoms with Crippen LogP contribution in [0.5, 0.6) is 0 Å². The van der Waals surface area contributed by atoms with E-state index in [4.69, 9.17) is 9.79 Å². The molecule has 0 unspecified atom stereocenters. The van der Waals surface area contributed by atoms with Gasteiger partial charge in [0, 0.05) is 18.0 Å². The maximum atomic E-state index is 11.8. The van der Waals surface area contributed by atoms with Gasteiger partial charge in [0.25, 0.3) is 5.91 Å². The minimum atomic E-state index is -4.23. The van der Waals surface area contributed by atoms with Gasteiger partial charge >= 0.3 is 37.2 Å². The number of amides is 1. The van der Waals surface area contributed by atoms with Gasteiger partial charge in [-0.2, -0.15) is 0 Å². The van der Waals surface area contributed by atoms with Crippen LogP contribution in [0.4, 0.5) is 0 Å². The summed E-state index contributed by atoms with van der Waals surface area (Å²) in [6.07, 6.45) is -0.659. The summed E-state index contributed by atoms with van der Waals surface area (Å²) in [5, 5.41) is 3.12. The fraction of sp³-hybridized carbons (Fsp3) is 0.182.